The molecule has 0 aliphatic carbocycles. The molecule has 66 heavy (non-hydrogen) atoms. The lowest BCUT2D eigenvalue weighted by molar-refractivity contribution is -0.147. The van der Waals surface area contributed by atoms with Crippen LogP contribution in [-0.2, 0) is 24.0 Å². The Balaban J connectivity index is 1.06. The van der Waals surface area contributed by atoms with Gasteiger partial charge >= 0.3 is 23.9 Å². The highest BCUT2D eigenvalue weighted by atomic mass is 16.4. The van der Waals surface area contributed by atoms with E-state index in [9.17, 15) is 53.7 Å². The van der Waals surface area contributed by atoms with Gasteiger partial charge in [0.25, 0.3) is 17.4 Å². The summed E-state index contributed by atoms with van der Waals surface area (Å²) >= 11 is 0. The molecule has 26 nitrogen and oxygen atoms in total. The highest BCUT2D eigenvalue weighted by molar-refractivity contribution is 6.10. The van der Waals surface area contributed by atoms with Crippen molar-refractivity contribution in [2.45, 2.75) is 61.8 Å². The molecule has 0 bridgehead atoms. The third kappa shape index (κ3) is 10.8. The van der Waals surface area contributed by atoms with E-state index in [0.717, 1.165) is 4.90 Å². The van der Waals surface area contributed by atoms with Gasteiger partial charge in [-0.3, -0.25) is 44.6 Å². The monoisotopic (exact) mass is 918 g/mol. The predicted octanol–water partition coefficient (Wildman–Crippen LogP) is -2.36. The maximum Gasteiger partial charge on any atom is 0.326 e. The van der Waals surface area contributed by atoms with Crippen LogP contribution in [0.4, 0.5) is 28.8 Å². The van der Waals surface area contributed by atoms with Gasteiger partial charge in [0.1, 0.15) is 35.7 Å². The van der Waals surface area contributed by atoms with E-state index in [2.05, 4.69) is 46.9 Å². The summed E-state index contributed by atoms with van der Waals surface area (Å²) in [6, 6.07) is 5.55. The van der Waals surface area contributed by atoms with Crippen molar-refractivity contribution >= 4 is 76.3 Å². The van der Waals surface area contributed by atoms with E-state index in [-0.39, 0.29) is 48.5 Å². The van der Waals surface area contributed by atoms with Gasteiger partial charge in [-0.1, -0.05) is 0 Å². The molecule has 0 radical (unpaired) electrons. The van der Waals surface area contributed by atoms with E-state index in [1.165, 1.54) is 24.3 Å². The average molecular weight is 919 g/mol. The standard InChI is InChI=1S/C40H50N14O12/c1-52-22(16-45-30-28(52)34(59)50-39(41)49-30)14-43-20-9-5-19(6-10-20)33(58)48-25(37(63)64)13-26(38(65)66)54-31-29(35(60)51-40(54)42)53(2)23(17-46-31)15-44-21-7-3-18(4-8-21)32(57)47-24(36(61)62)11-12-27(55)56/h3-10,22-26,29,40,43-44H,11-17,42H2,1-2H3,(H,47,57)(H,48,58)(H,51,60)(H,55,56)(H,61,62)(H,63,64)(H,65,66)(H4,41,45,49,50,59)/t22-,23?,24?,25?,26?,29?,40?/m0/s1. The van der Waals surface area contributed by atoms with Gasteiger partial charge in [0.05, 0.1) is 12.6 Å². The summed E-state index contributed by atoms with van der Waals surface area (Å²) in [6.07, 6.45) is -2.85. The first kappa shape index (κ1) is 47.5. The molecule has 1 saturated heterocycles. The number of likely N-dealkylation sites (N-methyl/N-ethyl adjacent to an activating group) is 2. The summed E-state index contributed by atoms with van der Waals surface area (Å²) in [7, 11) is 3.37. The smallest absolute Gasteiger partial charge is 0.326 e. The van der Waals surface area contributed by atoms with E-state index in [4.69, 9.17) is 16.6 Å². The minimum Gasteiger partial charge on any atom is -0.481 e. The van der Waals surface area contributed by atoms with Crippen molar-refractivity contribution in [1.29, 1.82) is 0 Å². The van der Waals surface area contributed by atoms with Gasteiger partial charge in [-0.25, -0.2) is 14.4 Å². The highest BCUT2D eigenvalue weighted by Crippen LogP contribution is 2.26. The Hall–Kier alpha value is -8.00. The second-order valence-corrected chi connectivity index (χ2v) is 15.7. The Morgan fingerprint density at radius 1 is 0.818 bits per heavy atom. The Morgan fingerprint density at radius 3 is 1.92 bits per heavy atom. The summed E-state index contributed by atoms with van der Waals surface area (Å²) in [5.74, 6) is -7.34. The molecular formula is C40H50N14O12. The van der Waals surface area contributed by atoms with E-state index in [1.807, 2.05) is 0 Å². The van der Waals surface area contributed by atoms with Crippen LogP contribution in [0, 0.1) is 0 Å². The van der Waals surface area contributed by atoms with Crippen LogP contribution >= 0.6 is 0 Å². The van der Waals surface area contributed by atoms with E-state index in [0.29, 0.717) is 36.0 Å². The number of rotatable bonds is 19. The molecule has 352 valence electrons. The number of H-pyrrole nitrogens is 1. The molecule has 3 amide bonds. The molecule has 3 aliphatic rings. The fraction of sp³-hybridized carbons (Fsp3) is 0.400. The molecule has 3 aromatic rings. The van der Waals surface area contributed by atoms with Crippen molar-refractivity contribution in [2.24, 2.45) is 10.7 Å². The normalized spacial score (nSPS) is 20.4. The number of nitrogens with zero attached hydrogens (tertiary/aromatic N) is 5. The quantitative estimate of drug-likeness (QED) is 0.0598. The molecule has 2 aromatic carbocycles. The molecule has 0 saturated carbocycles. The Bertz CT molecular complexity index is 2450. The fourth-order valence-electron chi connectivity index (χ4n) is 7.75. The third-order valence-corrected chi connectivity index (χ3v) is 11.4. The molecular weight excluding hydrogens is 869 g/mol. The molecule has 4 heterocycles. The van der Waals surface area contributed by atoms with E-state index >= 15 is 0 Å². The number of hydrogen-bond donors (Lipinski definition) is 13. The molecule has 6 rings (SSSR count). The number of aromatic nitrogens is 2. The topological polar surface area (TPSA) is 392 Å². The number of anilines is 5. The fourth-order valence-corrected chi connectivity index (χ4v) is 7.75. The summed E-state index contributed by atoms with van der Waals surface area (Å²) in [5.41, 5.74) is 13.2. The number of carbonyl (C=O) groups is 7. The number of aliphatic carboxylic acids is 4. The van der Waals surface area contributed by atoms with E-state index in [1.54, 1.807) is 48.2 Å². The zero-order chi connectivity index (χ0) is 48.0. The first-order chi connectivity index (χ1) is 31.3. The average Bonchev–Trinajstić information content (AvgIpc) is 3.26. The van der Waals surface area contributed by atoms with Crippen molar-refractivity contribution < 1.29 is 54.0 Å². The molecule has 3 aliphatic heterocycles. The Kier molecular flexibility index (Phi) is 14.6. The van der Waals surface area contributed by atoms with Crippen LogP contribution in [0.1, 0.15) is 40.0 Å². The van der Waals surface area contributed by atoms with Gasteiger partial charge in [0, 0.05) is 68.1 Å². The minimum absolute atomic E-state index is 0.00852. The van der Waals surface area contributed by atoms with Crippen LogP contribution in [0.15, 0.2) is 58.3 Å². The van der Waals surface area contributed by atoms with Crippen LogP contribution in [0.2, 0.25) is 0 Å². The van der Waals surface area contributed by atoms with Gasteiger partial charge in [-0.05, 0) is 62.0 Å². The van der Waals surface area contributed by atoms with E-state index < -0.39 is 96.5 Å². The lowest BCUT2D eigenvalue weighted by Crippen LogP contribution is -2.75. The number of carbonyl (C=O) groups excluding carboxylic acids is 3. The molecule has 1 aromatic heterocycles. The van der Waals surface area contributed by atoms with Crippen molar-refractivity contribution in [3.05, 3.63) is 70.0 Å². The number of aliphatic imine (C=N–C) groups is 1. The molecule has 0 spiro atoms. The van der Waals surface area contributed by atoms with Crippen LogP contribution in [0.3, 0.4) is 0 Å². The zero-order valence-electron chi connectivity index (χ0n) is 35.6. The summed E-state index contributed by atoms with van der Waals surface area (Å²) in [6.45, 7) is 1.08. The number of carboxylic acids is 4. The van der Waals surface area contributed by atoms with Crippen LogP contribution < -0.4 is 53.8 Å². The van der Waals surface area contributed by atoms with Gasteiger partial charge in [-0.15, -0.1) is 0 Å². The largest absolute Gasteiger partial charge is 0.481 e. The molecule has 15 N–H and O–H groups in total. The Morgan fingerprint density at radius 2 is 1.38 bits per heavy atom. The maximum absolute atomic E-state index is 13.4. The second-order valence-electron chi connectivity index (χ2n) is 15.7. The van der Waals surface area contributed by atoms with Gasteiger partial charge < -0.3 is 67.9 Å². The number of nitrogens with two attached hydrogens (primary N) is 2. The van der Waals surface area contributed by atoms with Gasteiger partial charge in [-0.2, -0.15) is 4.98 Å². The first-order valence-corrected chi connectivity index (χ1v) is 20.5. The highest BCUT2D eigenvalue weighted by Gasteiger charge is 2.48. The number of aromatic amines is 1. The lowest BCUT2D eigenvalue weighted by Gasteiger charge is -2.49. The van der Waals surface area contributed by atoms with Gasteiger partial charge in [0.2, 0.25) is 11.9 Å². The lowest BCUT2D eigenvalue weighted by atomic mass is 9.99. The number of amidine groups is 1. The number of amides is 3. The van der Waals surface area contributed by atoms with Crippen LogP contribution in [-0.4, -0.2) is 170 Å². The van der Waals surface area contributed by atoms with Crippen LogP contribution in [0.25, 0.3) is 0 Å². The second kappa shape index (κ2) is 20.2. The van der Waals surface area contributed by atoms with Crippen molar-refractivity contribution in [3.63, 3.8) is 0 Å². The zero-order valence-corrected chi connectivity index (χ0v) is 35.6. The van der Waals surface area contributed by atoms with Gasteiger partial charge in [0.15, 0.2) is 12.1 Å². The van der Waals surface area contributed by atoms with Crippen molar-refractivity contribution in [1.82, 2.24) is 35.7 Å². The third-order valence-electron chi connectivity index (χ3n) is 11.4. The number of nitrogen functional groups attached to an aromatic ring is 1. The number of nitrogens with one attached hydrogen (secondary N) is 7. The summed E-state index contributed by atoms with van der Waals surface area (Å²) in [4.78, 5) is 115. The molecule has 6 unspecified atom stereocenters. The number of benzene rings is 2. The van der Waals surface area contributed by atoms with Crippen molar-refractivity contribution in [2.75, 3.05) is 66.9 Å². The first-order valence-electron chi connectivity index (χ1n) is 20.5. The Labute approximate surface area is 374 Å². The number of fused-ring (bicyclic) bond motifs is 2. The maximum atomic E-state index is 13.4. The molecule has 1 fully saturated rings. The molecule has 26 heteroatoms. The number of carboxylic acid groups (broad SMARTS) is 4. The van der Waals surface area contributed by atoms with Crippen molar-refractivity contribution in [3.8, 4) is 0 Å². The summed E-state index contributed by atoms with van der Waals surface area (Å²) < 4.78 is 0. The van der Waals surface area contributed by atoms with Crippen LogP contribution in [0.5, 0.6) is 0 Å². The number of hydrogen-bond acceptors (Lipinski definition) is 18. The molecule has 7 atom stereocenters. The predicted molar refractivity (Wildman–Crippen MR) is 236 cm³/mol. The minimum atomic E-state index is -1.73. The SMILES string of the molecule is CN1C(CNc2ccc(C(=O)NC(CCC(=O)O)C(=O)O)cc2)CN=C2C1C(=O)NC(N)N2C(CC(NC(=O)c1ccc(NC[C@H]2CNc3nc(N)[nH]c(=O)c3N2C)cc1)C(=O)O)C(=O)O. The summed E-state index contributed by atoms with van der Waals surface area (Å²) in [5, 5.41) is 55.6.